The highest BCUT2D eigenvalue weighted by Gasteiger charge is 2.16. The molecule has 4 rings (SSSR count). The summed E-state index contributed by atoms with van der Waals surface area (Å²) in [5.74, 6) is 0.508. The molecule has 0 bridgehead atoms. The van der Waals surface area contributed by atoms with E-state index in [-0.39, 0.29) is 5.91 Å². The number of hydrogen-bond donors (Lipinski definition) is 1. The monoisotopic (exact) mass is 423 g/mol. The molecular formula is C28H29N3O. The summed E-state index contributed by atoms with van der Waals surface area (Å²) >= 11 is 0. The van der Waals surface area contributed by atoms with E-state index in [1.807, 2.05) is 71.4 Å². The molecule has 1 amide bonds. The Morgan fingerprint density at radius 1 is 0.938 bits per heavy atom. The molecule has 0 spiro atoms. The lowest BCUT2D eigenvalue weighted by Gasteiger charge is -2.12. The van der Waals surface area contributed by atoms with Gasteiger partial charge in [0.15, 0.2) is 0 Å². The number of aromatic nitrogens is 2. The number of unbranched alkanes of at least 4 members (excludes halogenated alkanes) is 1. The van der Waals surface area contributed by atoms with E-state index in [1.54, 1.807) is 0 Å². The fourth-order valence-electron chi connectivity index (χ4n) is 3.84. The highest BCUT2D eigenvalue weighted by Crippen LogP contribution is 2.27. The number of nitrogens with one attached hydrogen (secondary N) is 1. The van der Waals surface area contributed by atoms with Crippen molar-refractivity contribution in [2.45, 2.75) is 40.0 Å². The molecule has 0 unspecified atom stereocenters. The number of hydrogen-bond acceptors (Lipinski definition) is 2. The highest BCUT2D eigenvalue weighted by atomic mass is 16.1. The van der Waals surface area contributed by atoms with Crippen molar-refractivity contribution < 1.29 is 4.79 Å². The van der Waals surface area contributed by atoms with Crippen LogP contribution < -0.4 is 5.32 Å². The summed E-state index contributed by atoms with van der Waals surface area (Å²) in [5.41, 5.74) is 6.96. The normalized spacial score (nSPS) is 10.8. The van der Waals surface area contributed by atoms with E-state index in [9.17, 15) is 4.79 Å². The fourth-order valence-corrected chi connectivity index (χ4v) is 3.84. The maximum absolute atomic E-state index is 13.1. The van der Waals surface area contributed by atoms with Crippen LogP contribution >= 0.6 is 0 Å². The van der Waals surface area contributed by atoms with Crippen molar-refractivity contribution in [1.82, 2.24) is 9.78 Å². The largest absolute Gasteiger partial charge is 0.306 e. The Hall–Kier alpha value is -3.66. The van der Waals surface area contributed by atoms with E-state index >= 15 is 0 Å². The van der Waals surface area contributed by atoms with Gasteiger partial charge < -0.3 is 5.32 Å². The standard InChI is InChI=1S/C28H29N3O/c1-4-5-9-22-13-15-24(16-14-22)28(32)29-27-19-25(23-10-7-6-8-11-23)30-31(27)26-17-12-20(2)18-21(26)3/h6-8,10-19H,4-5,9H2,1-3H3,(H,29,32). The minimum Gasteiger partial charge on any atom is -0.306 e. The fraction of sp³-hybridized carbons (Fsp3) is 0.214. The molecule has 0 saturated carbocycles. The first-order valence-electron chi connectivity index (χ1n) is 11.2. The molecule has 0 aliphatic rings. The van der Waals surface area contributed by atoms with Crippen molar-refractivity contribution in [2.24, 2.45) is 0 Å². The van der Waals surface area contributed by atoms with Crippen molar-refractivity contribution in [3.05, 3.63) is 101 Å². The average Bonchev–Trinajstić information content (AvgIpc) is 3.22. The predicted molar refractivity (Wildman–Crippen MR) is 131 cm³/mol. The molecule has 1 N–H and O–H groups in total. The van der Waals surface area contributed by atoms with Crippen LogP contribution in [0.15, 0.2) is 78.9 Å². The number of nitrogens with zero attached hydrogens (tertiary/aromatic N) is 2. The zero-order valence-electron chi connectivity index (χ0n) is 18.9. The zero-order chi connectivity index (χ0) is 22.5. The lowest BCUT2D eigenvalue weighted by molar-refractivity contribution is 0.102. The number of aryl methyl sites for hydroxylation is 3. The molecule has 162 valence electrons. The molecule has 4 heteroatoms. The van der Waals surface area contributed by atoms with Gasteiger partial charge in [0.05, 0.1) is 11.4 Å². The Morgan fingerprint density at radius 2 is 1.69 bits per heavy atom. The molecule has 3 aromatic carbocycles. The Kier molecular flexibility index (Phi) is 6.50. The molecule has 0 aliphatic heterocycles. The van der Waals surface area contributed by atoms with Gasteiger partial charge in [-0.3, -0.25) is 4.79 Å². The molecule has 0 saturated heterocycles. The summed E-state index contributed by atoms with van der Waals surface area (Å²) in [7, 11) is 0. The van der Waals surface area contributed by atoms with Gasteiger partial charge in [-0.15, -0.1) is 0 Å². The second-order valence-electron chi connectivity index (χ2n) is 8.24. The number of carbonyl (C=O) groups is 1. The van der Waals surface area contributed by atoms with Crippen molar-refractivity contribution in [3.63, 3.8) is 0 Å². The summed E-state index contributed by atoms with van der Waals surface area (Å²) in [5, 5.41) is 7.92. The van der Waals surface area contributed by atoms with E-state index < -0.39 is 0 Å². The Labute approximate surface area is 189 Å². The second kappa shape index (κ2) is 9.65. The molecule has 0 atom stereocenters. The van der Waals surface area contributed by atoms with Gasteiger partial charge in [0, 0.05) is 17.2 Å². The molecule has 4 nitrogen and oxygen atoms in total. The van der Waals surface area contributed by atoms with E-state index in [1.165, 1.54) is 11.1 Å². The van der Waals surface area contributed by atoms with Crippen molar-refractivity contribution in [2.75, 3.05) is 5.32 Å². The first kappa shape index (κ1) is 21.6. The van der Waals surface area contributed by atoms with Gasteiger partial charge in [-0.2, -0.15) is 5.10 Å². The Bertz CT molecular complexity index is 1210. The number of carbonyl (C=O) groups excluding carboxylic acids is 1. The molecule has 0 fully saturated rings. The summed E-state index contributed by atoms with van der Waals surface area (Å²) < 4.78 is 1.82. The average molecular weight is 424 g/mol. The molecule has 0 radical (unpaired) electrons. The van der Waals surface area contributed by atoms with E-state index in [0.29, 0.717) is 11.4 Å². The second-order valence-corrected chi connectivity index (χ2v) is 8.24. The van der Waals surface area contributed by atoms with Crippen LogP contribution in [-0.2, 0) is 6.42 Å². The minimum absolute atomic E-state index is 0.141. The van der Waals surface area contributed by atoms with Crippen molar-refractivity contribution >= 4 is 11.7 Å². The molecule has 32 heavy (non-hydrogen) atoms. The van der Waals surface area contributed by atoms with Gasteiger partial charge in [0.1, 0.15) is 5.82 Å². The van der Waals surface area contributed by atoms with Gasteiger partial charge in [0.25, 0.3) is 5.91 Å². The van der Waals surface area contributed by atoms with Crippen molar-refractivity contribution in [1.29, 1.82) is 0 Å². The van der Waals surface area contributed by atoms with Gasteiger partial charge in [-0.1, -0.05) is 73.5 Å². The topological polar surface area (TPSA) is 46.9 Å². The molecule has 1 heterocycles. The Morgan fingerprint density at radius 3 is 2.38 bits per heavy atom. The van der Waals surface area contributed by atoms with Crippen LogP contribution in [0.2, 0.25) is 0 Å². The zero-order valence-corrected chi connectivity index (χ0v) is 18.9. The van der Waals surface area contributed by atoms with Crippen molar-refractivity contribution in [3.8, 4) is 16.9 Å². The number of rotatable bonds is 7. The summed E-state index contributed by atoms with van der Waals surface area (Å²) in [6, 6.07) is 26.1. The number of benzene rings is 3. The maximum Gasteiger partial charge on any atom is 0.256 e. The lowest BCUT2D eigenvalue weighted by Crippen LogP contribution is -2.15. The van der Waals surface area contributed by atoms with Crippen LogP contribution in [-0.4, -0.2) is 15.7 Å². The molecule has 1 aromatic heterocycles. The maximum atomic E-state index is 13.1. The van der Waals surface area contributed by atoms with Crippen LogP contribution in [0.5, 0.6) is 0 Å². The van der Waals surface area contributed by atoms with E-state index in [0.717, 1.165) is 41.8 Å². The summed E-state index contributed by atoms with van der Waals surface area (Å²) in [6.07, 6.45) is 3.36. The summed E-state index contributed by atoms with van der Waals surface area (Å²) in [4.78, 5) is 13.1. The summed E-state index contributed by atoms with van der Waals surface area (Å²) in [6.45, 7) is 6.32. The highest BCUT2D eigenvalue weighted by molar-refractivity contribution is 6.04. The molecular weight excluding hydrogens is 394 g/mol. The minimum atomic E-state index is -0.141. The smallest absolute Gasteiger partial charge is 0.256 e. The first-order chi connectivity index (χ1) is 15.5. The molecule has 4 aromatic rings. The third kappa shape index (κ3) is 4.80. The third-order valence-electron chi connectivity index (χ3n) is 5.64. The van der Waals surface area contributed by atoms with Crippen LogP contribution in [0.3, 0.4) is 0 Å². The lowest BCUT2D eigenvalue weighted by atomic mass is 10.1. The quantitative estimate of drug-likeness (QED) is 0.357. The number of amides is 1. The Balaban J connectivity index is 1.67. The molecule has 0 aliphatic carbocycles. The SMILES string of the molecule is CCCCc1ccc(C(=O)Nc2cc(-c3ccccc3)nn2-c2ccc(C)cc2C)cc1. The van der Waals surface area contributed by atoms with Crippen LogP contribution in [0.1, 0.15) is 46.8 Å². The van der Waals surface area contributed by atoms with Gasteiger partial charge in [-0.05, 0) is 56.0 Å². The first-order valence-corrected chi connectivity index (χ1v) is 11.2. The van der Waals surface area contributed by atoms with Crippen LogP contribution in [0, 0.1) is 13.8 Å². The van der Waals surface area contributed by atoms with Gasteiger partial charge >= 0.3 is 0 Å². The van der Waals surface area contributed by atoms with Gasteiger partial charge in [-0.25, -0.2) is 4.68 Å². The van der Waals surface area contributed by atoms with E-state index in [2.05, 4.69) is 38.2 Å². The predicted octanol–water partition coefficient (Wildman–Crippen LogP) is 6.75. The van der Waals surface area contributed by atoms with Gasteiger partial charge in [0.2, 0.25) is 0 Å². The van der Waals surface area contributed by atoms with Crippen LogP contribution in [0.4, 0.5) is 5.82 Å². The number of anilines is 1. The van der Waals surface area contributed by atoms with E-state index in [4.69, 9.17) is 5.10 Å². The van der Waals surface area contributed by atoms with Crippen LogP contribution in [0.25, 0.3) is 16.9 Å². The third-order valence-corrected chi connectivity index (χ3v) is 5.64.